The fourth-order valence-electron chi connectivity index (χ4n) is 1.76. The third kappa shape index (κ3) is 3.06. The molecule has 0 aliphatic rings. The first-order valence-electron chi connectivity index (χ1n) is 6.06. The summed E-state index contributed by atoms with van der Waals surface area (Å²) in [5, 5.41) is 3.18. The van der Waals surface area contributed by atoms with Crippen molar-refractivity contribution in [3.8, 4) is 0 Å². The van der Waals surface area contributed by atoms with Crippen LogP contribution in [-0.4, -0.2) is 5.91 Å². The van der Waals surface area contributed by atoms with E-state index >= 15 is 0 Å². The molecule has 0 aromatic heterocycles. The summed E-state index contributed by atoms with van der Waals surface area (Å²) in [6.45, 7) is 2.08. The highest BCUT2D eigenvalue weighted by Crippen LogP contribution is 2.23. The number of halogens is 1. The van der Waals surface area contributed by atoms with E-state index in [9.17, 15) is 4.79 Å². The molecule has 4 heteroatoms. The second-order valence-corrected chi connectivity index (χ2v) is 4.61. The number of hydrogen-bond acceptors (Lipinski definition) is 2. The Morgan fingerprint density at radius 2 is 1.89 bits per heavy atom. The van der Waals surface area contributed by atoms with Crippen LogP contribution in [0.25, 0.3) is 0 Å². The lowest BCUT2D eigenvalue weighted by Gasteiger charge is -2.09. The van der Waals surface area contributed by atoms with Gasteiger partial charge in [0.1, 0.15) is 0 Å². The lowest BCUT2D eigenvalue weighted by Crippen LogP contribution is -2.14. The van der Waals surface area contributed by atoms with Crippen molar-refractivity contribution in [2.75, 3.05) is 11.1 Å². The van der Waals surface area contributed by atoms with E-state index in [0.717, 1.165) is 12.1 Å². The number of rotatable bonds is 3. The molecule has 0 atom stereocenters. The predicted molar refractivity (Wildman–Crippen MR) is 79.6 cm³/mol. The van der Waals surface area contributed by atoms with Crippen LogP contribution < -0.4 is 11.1 Å². The summed E-state index contributed by atoms with van der Waals surface area (Å²) in [5.41, 5.74) is 8.43. The summed E-state index contributed by atoms with van der Waals surface area (Å²) in [4.78, 5) is 12.1. The number of aryl methyl sites for hydroxylation is 1. The van der Waals surface area contributed by atoms with E-state index in [0.29, 0.717) is 16.3 Å². The summed E-state index contributed by atoms with van der Waals surface area (Å²) in [5.74, 6) is -0.260. The Morgan fingerprint density at radius 3 is 2.53 bits per heavy atom. The molecule has 0 unspecified atom stereocenters. The van der Waals surface area contributed by atoms with Gasteiger partial charge in [0.2, 0.25) is 0 Å². The summed E-state index contributed by atoms with van der Waals surface area (Å²) in [6.07, 6.45) is 0.968. The summed E-state index contributed by atoms with van der Waals surface area (Å²) in [7, 11) is 0. The van der Waals surface area contributed by atoms with Gasteiger partial charge in [-0.2, -0.15) is 0 Å². The molecule has 0 heterocycles. The number of nitrogens with one attached hydrogen (secondary N) is 1. The average Bonchev–Trinajstić information content (AvgIpc) is 2.42. The molecule has 2 rings (SSSR count). The molecule has 3 N–H and O–H groups in total. The quantitative estimate of drug-likeness (QED) is 0.838. The summed E-state index contributed by atoms with van der Waals surface area (Å²) >= 11 is 5.90. The number of nitrogen functional groups attached to an aromatic ring is 1. The number of carbonyl (C=O) groups is 1. The highest BCUT2D eigenvalue weighted by molar-refractivity contribution is 6.34. The monoisotopic (exact) mass is 274 g/mol. The molecule has 0 spiro atoms. The zero-order valence-electron chi connectivity index (χ0n) is 10.6. The van der Waals surface area contributed by atoms with Gasteiger partial charge in [0.15, 0.2) is 0 Å². The molecule has 3 nitrogen and oxygen atoms in total. The third-order valence-corrected chi connectivity index (χ3v) is 3.25. The van der Waals surface area contributed by atoms with Crippen molar-refractivity contribution < 1.29 is 4.79 Å². The standard InChI is InChI=1S/C15H15ClN2O/c1-2-10-6-8-11(9-7-10)18-15(19)12-4-3-5-13(16)14(12)17/h3-9H,2,17H2,1H3,(H,18,19). The zero-order valence-corrected chi connectivity index (χ0v) is 11.4. The number of anilines is 2. The Kier molecular flexibility index (Phi) is 4.07. The first kappa shape index (κ1) is 13.4. The van der Waals surface area contributed by atoms with E-state index in [1.807, 2.05) is 24.3 Å². The van der Waals surface area contributed by atoms with Crippen molar-refractivity contribution in [3.05, 3.63) is 58.6 Å². The van der Waals surface area contributed by atoms with Gasteiger partial charge in [0, 0.05) is 5.69 Å². The number of para-hydroxylation sites is 1. The van der Waals surface area contributed by atoms with Crippen LogP contribution in [0.15, 0.2) is 42.5 Å². The van der Waals surface area contributed by atoms with Crippen molar-refractivity contribution in [1.29, 1.82) is 0 Å². The minimum atomic E-state index is -0.260. The smallest absolute Gasteiger partial charge is 0.257 e. The minimum Gasteiger partial charge on any atom is -0.397 e. The fourth-order valence-corrected chi connectivity index (χ4v) is 1.93. The average molecular weight is 275 g/mol. The van der Waals surface area contributed by atoms with Gasteiger partial charge < -0.3 is 11.1 Å². The van der Waals surface area contributed by atoms with Gasteiger partial charge in [-0.15, -0.1) is 0 Å². The van der Waals surface area contributed by atoms with Crippen LogP contribution in [0.2, 0.25) is 5.02 Å². The van der Waals surface area contributed by atoms with E-state index in [2.05, 4.69) is 12.2 Å². The summed E-state index contributed by atoms with van der Waals surface area (Å²) in [6, 6.07) is 12.7. The van der Waals surface area contributed by atoms with Gasteiger partial charge in [-0.05, 0) is 36.2 Å². The number of amides is 1. The Bertz CT molecular complexity index is 594. The van der Waals surface area contributed by atoms with Crippen molar-refractivity contribution >= 4 is 28.9 Å². The normalized spacial score (nSPS) is 10.2. The van der Waals surface area contributed by atoms with Gasteiger partial charge in [-0.3, -0.25) is 4.79 Å². The number of nitrogens with two attached hydrogens (primary N) is 1. The van der Waals surface area contributed by atoms with Crippen LogP contribution in [0, 0.1) is 0 Å². The van der Waals surface area contributed by atoms with Crippen LogP contribution in [0.5, 0.6) is 0 Å². The number of carbonyl (C=O) groups excluding carboxylic acids is 1. The van der Waals surface area contributed by atoms with E-state index in [-0.39, 0.29) is 5.91 Å². The molecule has 0 aliphatic carbocycles. The van der Waals surface area contributed by atoms with Gasteiger partial charge >= 0.3 is 0 Å². The topological polar surface area (TPSA) is 55.1 Å². The highest BCUT2D eigenvalue weighted by Gasteiger charge is 2.11. The highest BCUT2D eigenvalue weighted by atomic mass is 35.5. The van der Waals surface area contributed by atoms with Crippen LogP contribution >= 0.6 is 11.6 Å². The molecule has 0 saturated heterocycles. The Hall–Kier alpha value is -2.00. The largest absolute Gasteiger partial charge is 0.397 e. The van der Waals surface area contributed by atoms with Crippen LogP contribution in [0.4, 0.5) is 11.4 Å². The molecule has 0 radical (unpaired) electrons. The maximum Gasteiger partial charge on any atom is 0.257 e. The van der Waals surface area contributed by atoms with Gasteiger partial charge in [-0.25, -0.2) is 0 Å². The molecule has 19 heavy (non-hydrogen) atoms. The van der Waals surface area contributed by atoms with Crippen LogP contribution in [0.3, 0.4) is 0 Å². The van der Waals surface area contributed by atoms with E-state index in [1.54, 1.807) is 18.2 Å². The van der Waals surface area contributed by atoms with E-state index in [1.165, 1.54) is 5.56 Å². The molecule has 98 valence electrons. The van der Waals surface area contributed by atoms with Crippen LogP contribution in [0.1, 0.15) is 22.8 Å². The Morgan fingerprint density at radius 1 is 1.21 bits per heavy atom. The Balaban J connectivity index is 2.18. The molecule has 0 bridgehead atoms. The second kappa shape index (κ2) is 5.76. The second-order valence-electron chi connectivity index (χ2n) is 4.21. The minimum absolute atomic E-state index is 0.260. The first-order valence-corrected chi connectivity index (χ1v) is 6.44. The third-order valence-electron chi connectivity index (χ3n) is 2.92. The molecule has 0 fully saturated rings. The zero-order chi connectivity index (χ0) is 13.8. The maximum atomic E-state index is 12.1. The van der Waals surface area contributed by atoms with Crippen LogP contribution in [-0.2, 0) is 6.42 Å². The van der Waals surface area contributed by atoms with E-state index < -0.39 is 0 Å². The van der Waals surface area contributed by atoms with Gasteiger partial charge in [0.05, 0.1) is 16.3 Å². The number of hydrogen-bond donors (Lipinski definition) is 2. The molecular formula is C15H15ClN2O. The molecule has 1 amide bonds. The number of benzene rings is 2. The van der Waals surface area contributed by atoms with Gasteiger partial charge in [-0.1, -0.05) is 36.7 Å². The van der Waals surface area contributed by atoms with Crippen molar-refractivity contribution in [2.24, 2.45) is 0 Å². The molecule has 0 aliphatic heterocycles. The lowest BCUT2D eigenvalue weighted by molar-refractivity contribution is 0.102. The lowest BCUT2D eigenvalue weighted by atomic mass is 10.1. The first-order chi connectivity index (χ1) is 9.11. The fraction of sp³-hybridized carbons (Fsp3) is 0.133. The predicted octanol–water partition coefficient (Wildman–Crippen LogP) is 3.74. The van der Waals surface area contributed by atoms with Crippen molar-refractivity contribution in [1.82, 2.24) is 0 Å². The summed E-state index contributed by atoms with van der Waals surface area (Å²) < 4.78 is 0. The van der Waals surface area contributed by atoms with Gasteiger partial charge in [0.25, 0.3) is 5.91 Å². The maximum absolute atomic E-state index is 12.1. The van der Waals surface area contributed by atoms with Crippen molar-refractivity contribution in [2.45, 2.75) is 13.3 Å². The molecular weight excluding hydrogens is 260 g/mol. The molecule has 2 aromatic carbocycles. The Labute approximate surface area is 117 Å². The SMILES string of the molecule is CCc1ccc(NC(=O)c2cccc(Cl)c2N)cc1. The van der Waals surface area contributed by atoms with E-state index in [4.69, 9.17) is 17.3 Å². The van der Waals surface area contributed by atoms with Crippen molar-refractivity contribution in [3.63, 3.8) is 0 Å². The molecule has 2 aromatic rings. The molecule has 0 saturated carbocycles.